The van der Waals surface area contributed by atoms with Gasteiger partial charge in [0.05, 0.1) is 10.5 Å². The molecule has 7 heteroatoms. The topological polar surface area (TPSA) is 46.9 Å². The lowest BCUT2D eigenvalue weighted by atomic mass is 9.98. The molecule has 2 aromatic heterocycles. The largest absolute Gasteiger partial charge is 0.365 e. The highest BCUT2D eigenvalue weighted by Gasteiger charge is 2.18. The van der Waals surface area contributed by atoms with Crippen LogP contribution >= 0.6 is 24.0 Å². The van der Waals surface area contributed by atoms with Crippen LogP contribution < -0.4 is 5.32 Å². The van der Waals surface area contributed by atoms with Gasteiger partial charge in [0.25, 0.3) is 0 Å². The number of aryl methyl sites for hydroxylation is 2. The van der Waals surface area contributed by atoms with Crippen LogP contribution in [-0.4, -0.2) is 15.3 Å². The number of rotatable bonds is 5. The number of carbonyl (C=O) groups is 1. The third-order valence-corrected chi connectivity index (χ3v) is 5.92. The Morgan fingerprint density at radius 2 is 1.87 bits per heavy atom. The first-order valence-corrected chi connectivity index (χ1v) is 9.98. The van der Waals surface area contributed by atoms with Crippen LogP contribution in [0, 0.1) is 19.7 Å². The zero-order chi connectivity index (χ0) is 21.4. The van der Waals surface area contributed by atoms with Crippen molar-refractivity contribution in [1.29, 1.82) is 0 Å². The second-order valence-corrected chi connectivity index (χ2v) is 7.69. The van der Waals surface area contributed by atoms with Gasteiger partial charge in [0.2, 0.25) is 0 Å². The SMILES string of the molecule is Cc1c(C)n(C)c2ccnc(NCc3ccc(F)cc3C(=O)c3ccccc3Cl)c12.Cl. The van der Waals surface area contributed by atoms with Crippen molar-refractivity contribution in [3.8, 4) is 0 Å². The van der Waals surface area contributed by atoms with E-state index in [9.17, 15) is 9.18 Å². The van der Waals surface area contributed by atoms with E-state index < -0.39 is 5.82 Å². The molecule has 160 valence electrons. The molecule has 0 aliphatic carbocycles. The lowest BCUT2D eigenvalue weighted by molar-refractivity contribution is 0.103. The third kappa shape index (κ3) is 4.16. The summed E-state index contributed by atoms with van der Waals surface area (Å²) >= 11 is 6.19. The molecule has 0 fully saturated rings. The van der Waals surface area contributed by atoms with Gasteiger partial charge in [0, 0.05) is 42.0 Å². The molecule has 0 aliphatic rings. The lowest BCUT2D eigenvalue weighted by Gasteiger charge is -2.12. The molecule has 2 heterocycles. The average Bonchev–Trinajstić information content (AvgIpc) is 2.97. The normalized spacial score (nSPS) is 10.7. The lowest BCUT2D eigenvalue weighted by Crippen LogP contribution is -2.11. The van der Waals surface area contributed by atoms with Gasteiger partial charge < -0.3 is 9.88 Å². The molecule has 1 N–H and O–H groups in total. The van der Waals surface area contributed by atoms with Gasteiger partial charge in [0.15, 0.2) is 5.78 Å². The molecule has 0 saturated heterocycles. The number of fused-ring (bicyclic) bond motifs is 1. The van der Waals surface area contributed by atoms with Gasteiger partial charge in [-0.1, -0.05) is 29.8 Å². The highest BCUT2D eigenvalue weighted by molar-refractivity contribution is 6.35. The van der Waals surface area contributed by atoms with Crippen LogP contribution in [-0.2, 0) is 13.6 Å². The molecule has 0 spiro atoms. The van der Waals surface area contributed by atoms with Crippen LogP contribution in [0.15, 0.2) is 54.7 Å². The summed E-state index contributed by atoms with van der Waals surface area (Å²) in [6.45, 7) is 4.46. The molecule has 0 saturated carbocycles. The van der Waals surface area contributed by atoms with Crippen molar-refractivity contribution in [3.05, 3.63) is 93.5 Å². The minimum absolute atomic E-state index is 0. The monoisotopic (exact) mass is 457 g/mol. The van der Waals surface area contributed by atoms with E-state index in [0.29, 0.717) is 22.7 Å². The van der Waals surface area contributed by atoms with Crippen molar-refractivity contribution in [3.63, 3.8) is 0 Å². The summed E-state index contributed by atoms with van der Waals surface area (Å²) < 4.78 is 16.1. The molecule has 4 aromatic rings. The molecule has 4 nitrogen and oxygen atoms in total. The second kappa shape index (κ2) is 9.08. The third-order valence-electron chi connectivity index (χ3n) is 5.59. The van der Waals surface area contributed by atoms with Crippen molar-refractivity contribution in [2.24, 2.45) is 7.05 Å². The van der Waals surface area contributed by atoms with Crippen LogP contribution in [0.2, 0.25) is 5.02 Å². The van der Waals surface area contributed by atoms with E-state index in [-0.39, 0.29) is 23.8 Å². The van der Waals surface area contributed by atoms with Gasteiger partial charge in [-0.25, -0.2) is 9.37 Å². The summed E-state index contributed by atoms with van der Waals surface area (Å²) in [7, 11) is 2.02. The first-order valence-electron chi connectivity index (χ1n) is 9.60. The Hall–Kier alpha value is -2.89. The van der Waals surface area contributed by atoms with E-state index >= 15 is 0 Å². The van der Waals surface area contributed by atoms with E-state index in [1.54, 1.807) is 36.5 Å². The number of nitrogens with one attached hydrogen (secondary N) is 1. The van der Waals surface area contributed by atoms with Crippen LogP contribution in [0.25, 0.3) is 10.9 Å². The predicted octanol–water partition coefficient (Wildman–Crippen LogP) is 6.25. The van der Waals surface area contributed by atoms with E-state index in [0.717, 1.165) is 28.0 Å². The van der Waals surface area contributed by atoms with E-state index in [4.69, 9.17) is 11.6 Å². The fourth-order valence-electron chi connectivity index (χ4n) is 3.73. The highest BCUT2D eigenvalue weighted by atomic mass is 35.5. The van der Waals surface area contributed by atoms with E-state index in [2.05, 4.69) is 28.7 Å². The number of benzene rings is 2. The number of aromatic nitrogens is 2. The summed E-state index contributed by atoms with van der Waals surface area (Å²) in [6, 6.07) is 13.0. The molecule has 31 heavy (non-hydrogen) atoms. The molecule has 4 rings (SSSR count). The highest BCUT2D eigenvalue weighted by Crippen LogP contribution is 2.30. The number of ketones is 1. The van der Waals surface area contributed by atoms with Gasteiger partial charge in [-0.05, 0) is 55.3 Å². The van der Waals surface area contributed by atoms with Gasteiger partial charge in [-0.15, -0.1) is 12.4 Å². The number of hydrogen-bond acceptors (Lipinski definition) is 3. The molecule has 2 aromatic carbocycles. The van der Waals surface area contributed by atoms with E-state index in [1.807, 2.05) is 13.1 Å². The zero-order valence-corrected chi connectivity index (χ0v) is 18.9. The number of nitrogens with zero attached hydrogens (tertiary/aromatic N) is 2. The molecule has 0 radical (unpaired) electrons. The van der Waals surface area contributed by atoms with Crippen LogP contribution in [0.4, 0.5) is 10.2 Å². The molecule has 0 atom stereocenters. The minimum atomic E-state index is -0.469. The molecule has 0 aliphatic heterocycles. The zero-order valence-electron chi connectivity index (χ0n) is 17.4. The summed E-state index contributed by atoms with van der Waals surface area (Å²) in [5, 5.41) is 4.71. The summed E-state index contributed by atoms with van der Waals surface area (Å²) in [5.74, 6) is -0.0483. The van der Waals surface area contributed by atoms with E-state index in [1.165, 1.54) is 12.1 Å². The maximum absolute atomic E-state index is 14.0. The van der Waals surface area contributed by atoms with Gasteiger partial charge in [-0.3, -0.25) is 4.79 Å². The van der Waals surface area contributed by atoms with Gasteiger partial charge in [0.1, 0.15) is 11.6 Å². The maximum atomic E-state index is 14.0. The molecule has 0 unspecified atom stereocenters. The van der Waals surface area contributed by atoms with Gasteiger partial charge >= 0.3 is 0 Å². The van der Waals surface area contributed by atoms with Crippen molar-refractivity contribution in [2.75, 3.05) is 5.32 Å². The smallest absolute Gasteiger partial charge is 0.194 e. The van der Waals surface area contributed by atoms with Crippen LogP contribution in [0.1, 0.15) is 32.7 Å². The molecular formula is C24H22Cl2FN3O. The summed E-state index contributed by atoms with van der Waals surface area (Å²) in [5.41, 5.74) is 4.69. The predicted molar refractivity (Wildman–Crippen MR) is 126 cm³/mol. The molecular weight excluding hydrogens is 436 g/mol. The summed E-state index contributed by atoms with van der Waals surface area (Å²) in [4.78, 5) is 17.6. The summed E-state index contributed by atoms with van der Waals surface area (Å²) in [6.07, 6.45) is 1.75. The number of halogens is 3. The molecule has 0 bridgehead atoms. The first-order chi connectivity index (χ1) is 14.4. The Bertz CT molecular complexity index is 1280. The molecule has 0 amide bonds. The number of hydrogen-bond donors (Lipinski definition) is 1. The van der Waals surface area contributed by atoms with Crippen LogP contribution in [0.5, 0.6) is 0 Å². The van der Waals surface area contributed by atoms with Crippen molar-refractivity contribution >= 4 is 46.5 Å². The fourth-order valence-corrected chi connectivity index (χ4v) is 3.95. The Kier molecular flexibility index (Phi) is 6.68. The quantitative estimate of drug-likeness (QED) is 0.360. The number of carbonyl (C=O) groups excluding carboxylic acids is 1. The van der Waals surface area contributed by atoms with Crippen molar-refractivity contribution in [1.82, 2.24) is 9.55 Å². The standard InChI is InChI=1S/C24H21ClFN3O.ClH/c1-14-15(2)29(3)21-10-11-27-24(22(14)21)28-13-16-8-9-17(26)12-19(16)23(30)18-6-4-5-7-20(18)25;/h4-12H,13H2,1-3H3,(H,27,28);1H. The maximum Gasteiger partial charge on any atom is 0.194 e. The number of anilines is 1. The first kappa shape index (κ1) is 22.8. The van der Waals surface area contributed by atoms with Crippen LogP contribution in [0.3, 0.4) is 0 Å². The van der Waals surface area contributed by atoms with Crippen molar-refractivity contribution < 1.29 is 9.18 Å². The second-order valence-electron chi connectivity index (χ2n) is 7.29. The Balaban J connectivity index is 0.00000272. The Morgan fingerprint density at radius 1 is 1.13 bits per heavy atom. The minimum Gasteiger partial charge on any atom is -0.365 e. The average molecular weight is 458 g/mol. The fraction of sp³-hybridized carbons (Fsp3) is 0.167. The number of pyridine rings is 1. The van der Waals surface area contributed by atoms with Crippen molar-refractivity contribution in [2.45, 2.75) is 20.4 Å². The Morgan fingerprint density at radius 3 is 2.61 bits per heavy atom. The Labute approximate surface area is 191 Å². The van der Waals surface area contributed by atoms with Gasteiger partial charge in [-0.2, -0.15) is 0 Å².